The maximum absolute atomic E-state index is 12.3. The first kappa shape index (κ1) is 18.5. The Morgan fingerprint density at radius 3 is 2.73 bits per heavy atom. The summed E-state index contributed by atoms with van der Waals surface area (Å²) >= 11 is 0. The van der Waals surface area contributed by atoms with Crippen LogP contribution >= 0.6 is 12.4 Å². The number of hydrogen-bond donors (Lipinski definition) is 2. The number of nitrogens with one attached hydrogen (secondary N) is 2. The largest absolute Gasteiger partial charge is 0.464 e. The third-order valence-electron chi connectivity index (χ3n) is 5.01. The van der Waals surface area contributed by atoms with E-state index >= 15 is 0 Å². The number of halogens is 1. The summed E-state index contributed by atoms with van der Waals surface area (Å²) in [6, 6.07) is 10.5. The molecule has 1 amide bonds. The molecule has 2 N–H and O–H groups in total. The molecule has 5 heteroatoms. The normalized spacial score (nSPS) is 12.7. The molecule has 4 rings (SSSR count). The molecular weight excluding hydrogens is 348 g/mol. The summed E-state index contributed by atoms with van der Waals surface area (Å²) in [4.78, 5) is 12.3. The second-order valence-corrected chi connectivity index (χ2v) is 6.85. The Balaban J connectivity index is 0.00000196. The summed E-state index contributed by atoms with van der Waals surface area (Å²) in [5.41, 5.74) is 8.01. The van der Waals surface area contributed by atoms with Gasteiger partial charge in [0.15, 0.2) is 0 Å². The minimum Gasteiger partial charge on any atom is -0.464 e. The highest BCUT2D eigenvalue weighted by Gasteiger charge is 2.13. The monoisotopic (exact) mass is 370 g/mol. The molecule has 0 saturated heterocycles. The molecule has 2 heterocycles. The quantitative estimate of drug-likeness (QED) is 0.731. The molecule has 0 spiro atoms. The van der Waals surface area contributed by atoms with E-state index in [0.29, 0.717) is 13.0 Å². The van der Waals surface area contributed by atoms with Crippen LogP contribution in [0.1, 0.15) is 33.4 Å². The van der Waals surface area contributed by atoms with E-state index in [1.54, 1.807) is 6.26 Å². The molecule has 0 aliphatic carbocycles. The number of rotatable bonds is 4. The van der Waals surface area contributed by atoms with Crippen molar-refractivity contribution in [3.05, 3.63) is 70.0 Å². The molecule has 1 aliphatic rings. The van der Waals surface area contributed by atoms with Crippen LogP contribution in [0.2, 0.25) is 0 Å². The smallest absolute Gasteiger partial charge is 0.224 e. The number of furan rings is 1. The van der Waals surface area contributed by atoms with Crippen LogP contribution < -0.4 is 10.6 Å². The molecule has 0 unspecified atom stereocenters. The topological polar surface area (TPSA) is 54.3 Å². The van der Waals surface area contributed by atoms with E-state index in [0.717, 1.165) is 35.2 Å². The number of carbonyl (C=O) groups is 1. The summed E-state index contributed by atoms with van der Waals surface area (Å²) in [7, 11) is 0. The number of carbonyl (C=O) groups excluding carboxylic acids is 1. The zero-order chi connectivity index (χ0) is 17.4. The molecule has 136 valence electrons. The lowest BCUT2D eigenvalue weighted by molar-refractivity contribution is -0.120. The number of hydrogen-bond acceptors (Lipinski definition) is 3. The van der Waals surface area contributed by atoms with Gasteiger partial charge in [0.05, 0.1) is 12.7 Å². The summed E-state index contributed by atoms with van der Waals surface area (Å²) in [5, 5.41) is 7.38. The predicted octanol–water partition coefficient (Wildman–Crippen LogP) is 3.93. The van der Waals surface area contributed by atoms with Crippen LogP contribution in [0.5, 0.6) is 0 Å². The summed E-state index contributed by atoms with van der Waals surface area (Å²) < 4.78 is 5.61. The van der Waals surface area contributed by atoms with Crippen LogP contribution in [0.3, 0.4) is 0 Å². The van der Waals surface area contributed by atoms with Gasteiger partial charge in [-0.3, -0.25) is 4.79 Å². The molecule has 1 aromatic heterocycles. The van der Waals surface area contributed by atoms with Crippen molar-refractivity contribution in [1.29, 1.82) is 0 Å². The highest BCUT2D eigenvalue weighted by molar-refractivity contribution is 5.88. The molecular formula is C21H23ClN2O2. The van der Waals surface area contributed by atoms with E-state index in [4.69, 9.17) is 4.42 Å². The van der Waals surface area contributed by atoms with Crippen molar-refractivity contribution < 1.29 is 9.21 Å². The van der Waals surface area contributed by atoms with E-state index in [1.165, 1.54) is 22.3 Å². The van der Waals surface area contributed by atoms with Gasteiger partial charge >= 0.3 is 0 Å². The second kappa shape index (κ2) is 7.52. The summed E-state index contributed by atoms with van der Waals surface area (Å²) in [5.74, 6) is 0.0135. The fraction of sp³-hybridized carbons (Fsp3) is 0.286. The Hall–Kier alpha value is -2.30. The molecule has 0 fully saturated rings. The van der Waals surface area contributed by atoms with Crippen LogP contribution in [0, 0.1) is 13.8 Å². The van der Waals surface area contributed by atoms with Crippen molar-refractivity contribution >= 4 is 29.3 Å². The minimum absolute atomic E-state index is 0. The van der Waals surface area contributed by atoms with E-state index in [-0.39, 0.29) is 18.3 Å². The number of aryl methyl sites for hydroxylation is 2. The molecule has 1 aliphatic heterocycles. The third-order valence-corrected chi connectivity index (χ3v) is 5.01. The van der Waals surface area contributed by atoms with Gasteiger partial charge in [-0.1, -0.05) is 18.2 Å². The molecule has 0 bridgehead atoms. The van der Waals surface area contributed by atoms with Gasteiger partial charge in [-0.05, 0) is 53.8 Å². The molecule has 0 atom stereocenters. The van der Waals surface area contributed by atoms with Gasteiger partial charge < -0.3 is 15.1 Å². The van der Waals surface area contributed by atoms with Gasteiger partial charge in [0.1, 0.15) is 5.58 Å². The molecule has 2 aromatic carbocycles. The van der Waals surface area contributed by atoms with Crippen molar-refractivity contribution in [2.24, 2.45) is 0 Å². The maximum Gasteiger partial charge on any atom is 0.224 e. The second-order valence-electron chi connectivity index (χ2n) is 6.85. The van der Waals surface area contributed by atoms with Crippen molar-refractivity contribution in [3.63, 3.8) is 0 Å². The van der Waals surface area contributed by atoms with Crippen molar-refractivity contribution in [2.75, 3.05) is 0 Å². The van der Waals surface area contributed by atoms with Crippen molar-refractivity contribution in [2.45, 2.75) is 39.9 Å². The fourth-order valence-electron chi connectivity index (χ4n) is 3.37. The number of fused-ring (bicyclic) bond motifs is 2. The Kier molecular flexibility index (Phi) is 5.35. The average Bonchev–Trinajstić information content (AvgIpc) is 3.20. The molecule has 0 radical (unpaired) electrons. The first-order valence-corrected chi connectivity index (χ1v) is 8.65. The van der Waals surface area contributed by atoms with Crippen LogP contribution in [0.15, 0.2) is 41.0 Å². The van der Waals surface area contributed by atoms with Gasteiger partial charge in [0.25, 0.3) is 0 Å². The highest BCUT2D eigenvalue weighted by Crippen LogP contribution is 2.25. The van der Waals surface area contributed by atoms with Gasteiger partial charge in [-0.2, -0.15) is 0 Å². The Morgan fingerprint density at radius 1 is 1.12 bits per heavy atom. The Labute approximate surface area is 159 Å². The van der Waals surface area contributed by atoms with Crippen molar-refractivity contribution in [1.82, 2.24) is 10.6 Å². The first-order chi connectivity index (χ1) is 12.1. The fourth-order valence-corrected chi connectivity index (χ4v) is 3.37. The highest BCUT2D eigenvalue weighted by atomic mass is 35.5. The standard InChI is InChI=1S/C21H22N2O2.ClH/c1-13-5-19-18(12-25-20(19)6-14(13)2)8-21(24)23-9-15-3-4-16-10-22-11-17(16)7-15;/h3-7,12,22H,8-11H2,1-2H3,(H,23,24);1H. The minimum atomic E-state index is 0. The number of benzene rings is 2. The van der Waals surface area contributed by atoms with Crippen LogP contribution in [0.4, 0.5) is 0 Å². The lowest BCUT2D eigenvalue weighted by atomic mass is 10.0. The third kappa shape index (κ3) is 3.62. The van der Waals surface area contributed by atoms with Crippen LogP contribution in [-0.2, 0) is 30.8 Å². The molecule has 0 saturated carbocycles. The van der Waals surface area contributed by atoms with E-state index < -0.39 is 0 Å². The predicted molar refractivity (Wildman–Crippen MR) is 105 cm³/mol. The van der Waals surface area contributed by atoms with E-state index in [2.05, 4.69) is 48.7 Å². The van der Waals surface area contributed by atoms with E-state index in [1.807, 2.05) is 6.07 Å². The van der Waals surface area contributed by atoms with Gasteiger partial charge in [0.2, 0.25) is 5.91 Å². The zero-order valence-electron chi connectivity index (χ0n) is 15.0. The average molecular weight is 371 g/mol. The van der Waals surface area contributed by atoms with Gasteiger partial charge in [-0.25, -0.2) is 0 Å². The number of amides is 1. The van der Waals surface area contributed by atoms with Crippen LogP contribution in [0.25, 0.3) is 11.0 Å². The van der Waals surface area contributed by atoms with Crippen LogP contribution in [-0.4, -0.2) is 5.91 Å². The van der Waals surface area contributed by atoms with Gasteiger partial charge in [-0.15, -0.1) is 12.4 Å². The lowest BCUT2D eigenvalue weighted by Gasteiger charge is -2.07. The summed E-state index contributed by atoms with van der Waals surface area (Å²) in [6.45, 7) is 6.55. The Bertz CT molecular complexity index is 962. The SMILES string of the molecule is Cc1cc2occ(CC(=O)NCc3ccc4c(c3)CNC4)c2cc1C.Cl. The molecule has 26 heavy (non-hydrogen) atoms. The zero-order valence-corrected chi connectivity index (χ0v) is 15.8. The lowest BCUT2D eigenvalue weighted by Crippen LogP contribution is -2.24. The van der Waals surface area contributed by atoms with E-state index in [9.17, 15) is 4.79 Å². The summed E-state index contributed by atoms with van der Waals surface area (Å²) in [6.07, 6.45) is 2.03. The Morgan fingerprint density at radius 2 is 1.88 bits per heavy atom. The van der Waals surface area contributed by atoms with Crippen molar-refractivity contribution in [3.8, 4) is 0 Å². The van der Waals surface area contributed by atoms with Gasteiger partial charge in [0, 0.05) is 30.6 Å². The maximum atomic E-state index is 12.3. The molecule has 4 nitrogen and oxygen atoms in total. The first-order valence-electron chi connectivity index (χ1n) is 8.65. The molecule has 3 aromatic rings.